The summed E-state index contributed by atoms with van der Waals surface area (Å²) in [5, 5.41) is 0. The molecule has 2 nitrogen and oxygen atoms in total. The molecule has 0 heterocycles. The van der Waals surface area contributed by atoms with Crippen LogP contribution in [0.25, 0.3) is 0 Å². The molecule has 0 N–H and O–H groups in total. The third-order valence-electron chi connectivity index (χ3n) is 3.20. The van der Waals surface area contributed by atoms with Gasteiger partial charge in [0.25, 0.3) is 0 Å². The number of nitrogens with zero attached hydrogens (tertiary/aromatic N) is 2. The van der Waals surface area contributed by atoms with Crippen molar-refractivity contribution in [2.45, 2.75) is 13.1 Å². The molecule has 0 fully saturated rings. The fourth-order valence-electron chi connectivity index (χ4n) is 2.32. The van der Waals surface area contributed by atoms with Crippen molar-refractivity contribution in [3.05, 3.63) is 59.7 Å². The van der Waals surface area contributed by atoms with Gasteiger partial charge in [-0.05, 0) is 0 Å². The molecule has 2 aromatic carbocycles. The van der Waals surface area contributed by atoms with Gasteiger partial charge in [0.05, 0.1) is 0 Å². The van der Waals surface area contributed by atoms with Gasteiger partial charge in [0.1, 0.15) is 0 Å². The summed E-state index contributed by atoms with van der Waals surface area (Å²) in [4.78, 5) is 4.50. The van der Waals surface area contributed by atoms with Crippen LogP contribution in [0.5, 0.6) is 0 Å². The zero-order chi connectivity index (χ0) is 15.2. The van der Waals surface area contributed by atoms with Crippen molar-refractivity contribution in [3.63, 3.8) is 0 Å². The summed E-state index contributed by atoms with van der Waals surface area (Å²) in [6.45, 7) is 2.06. The van der Waals surface area contributed by atoms with Crippen LogP contribution < -0.4 is 7.02 Å². The van der Waals surface area contributed by atoms with Gasteiger partial charge in [-0.15, -0.1) is 0 Å². The van der Waals surface area contributed by atoms with E-state index in [1.54, 1.807) is 7.02 Å². The molecule has 0 unspecified atom stereocenters. The van der Waals surface area contributed by atoms with Gasteiger partial charge in [-0.25, -0.2) is 0 Å². The van der Waals surface area contributed by atoms with Crippen molar-refractivity contribution < 1.29 is 0 Å². The van der Waals surface area contributed by atoms with Gasteiger partial charge >= 0.3 is 139 Å². The molecule has 21 heavy (non-hydrogen) atoms. The first-order chi connectivity index (χ1) is 10.1. The molecule has 2 rings (SSSR count). The summed E-state index contributed by atoms with van der Waals surface area (Å²) in [7, 11) is 8.55. The average molecular weight is 390 g/mol. The number of hydrogen-bond donors (Lipinski definition) is 0. The zero-order valence-electron chi connectivity index (χ0n) is 13.4. The molecule has 0 amide bonds. The van der Waals surface area contributed by atoms with Crippen LogP contribution in [-0.2, 0) is 13.1 Å². The molecule has 0 saturated heterocycles. The van der Waals surface area contributed by atoms with E-state index in [2.05, 4.69) is 86.5 Å². The number of benzene rings is 2. The second-order valence-electron chi connectivity index (χ2n) is 5.84. The molecule has 2 aromatic rings. The Morgan fingerprint density at radius 3 is 1.43 bits per heavy atom. The second kappa shape index (κ2) is 7.98. The summed E-state index contributed by atoms with van der Waals surface area (Å²) in [5.74, 6) is 0. The maximum atomic E-state index is 2.32. The minimum atomic E-state index is -0.546. The van der Waals surface area contributed by atoms with E-state index in [1.807, 2.05) is 0 Å². The Morgan fingerprint density at radius 2 is 1.05 bits per heavy atom. The Hall–Kier alpha value is -0.822. The Balaban J connectivity index is 2.26. The van der Waals surface area contributed by atoms with Gasteiger partial charge in [-0.2, -0.15) is 0 Å². The quantitative estimate of drug-likeness (QED) is 0.690. The van der Waals surface area contributed by atoms with E-state index in [0.29, 0.717) is 0 Å². The standard InChI is InChI=1S/2C9H12N.Sb/c2*1-10(2)8-9-6-4-3-5-7-9;/h2*3-6H,8H2,1-2H3;. The molecule has 0 saturated carbocycles. The second-order valence-corrected chi connectivity index (χ2v) is 9.23. The third kappa shape index (κ3) is 5.14. The van der Waals surface area contributed by atoms with Crippen molar-refractivity contribution in [2.75, 3.05) is 28.2 Å². The first-order valence-corrected chi connectivity index (χ1v) is 9.78. The first-order valence-electron chi connectivity index (χ1n) is 7.23. The number of rotatable bonds is 6. The Kier molecular flexibility index (Phi) is 6.29. The summed E-state index contributed by atoms with van der Waals surface area (Å²) >= 11 is -0.546. The van der Waals surface area contributed by atoms with Gasteiger partial charge in [0, 0.05) is 0 Å². The van der Waals surface area contributed by atoms with Crippen molar-refractivity contribution in [1.29, 1.82) is 0 Å². The summed E-state index contributed by atoms with van der Waals surface area (Å²) in [5.41, 5.74) is 2.97. The molecule has 111 valence electrons. The molecule has 0 bridgehead atoms. The third-order valence-corrected chi connectivity index (χ3v) is 7.06. The van der Waals surface area contributed by atoms with Crippen LogP contribution in [0.2, 0.25) is 0 Å². The number of hydrogen-bond acceptors (Lipinski definition) is 2. The molecule has 3 heteroatoms. The van der Waals surface area contributed by atoms with Crippen LogP contribution in [0, 0.1) is 0 Å². The van der Waals surface area contributed by atoms with Crippen LogP contribution in [0.15, 0.2) is 48.5 Å². The van der Waals surface area contributed by atoms with E-state index in [1.165, 1.54) is 11.1 Å². The van der Waals surface area contributed by atoms with E-state index in [-0.39, 0.29) is 0 Å². The fraction of sp³-hybridized carbons (Fsp3) is 0.333. The van der Waals surface area contributed by atoms with E-state index in [9.17, 15) is 0 Å². The summed E-state index contributed by atoms with van der Waals surface area (Å²) in [6.07, 6.45) is 0. The van der Waals surface area contributed by atoms with Crippen molar-refractivity contribution >= 4 is 28.6 Å². The molecular formula is C18H24N2Sb. The maximum absolute atomic E-state index is 2.32. The summed E-state index contributed by atoms with van der Waals surface area (Å²) in [6, 6.07) is 17.9. The topological polar surface area (TPSA) is 6.48 Å². The SMILES string of the molecule is CN(C)Cc1cccc[c]1[Sb][c]1ccccc1CN(C)C. The predicted molar refractivity (Wildman–Crippen MR) is 92.7 cm³/mol. The van der Waals surface area contributed by atoms with Gasteiger partial charge in [-0.1, -0.05) is 0 Å². The van der Waals surface area contributed by atoms with Crippen LogP contribution >= 0.6 is 0 Å². The van der Waals surface area contributed by atoms with E-state index >= 15 is 0 Å². The van der Waals surface area contributed by atoms with Gasteiger partial charge < -0.3 is 0 Å². The molecule has 0 aliphatic carbocycles. The van der Waals surface area contributed by atoms with Crippen LogP contribution in [0.4, 0.5) is 0 Å². The zero-order valence-corrected chi connectivity index (χ0v) is 15.9. The van der Waals surface area contributed by atoms with Crippen molar-refractivity contribution in [3.8, 4) is 0 Å². The van der Waals surface area contributed by atoms with E-state index < -0.39 is 21.6 Å². The van der Waals surface area contributed by atoms with Gasteiger partial charge in [0.2, 0.25) is 0 Å². The Bertz CT molecular complexity index is 527. The molecule has 0 atom stereocenters. The van der Waals surface area contributed by atoms with E-state index in [0.717, 1.165) is 13.1 Å². The van der Waals surface area contributed by atoms with Crippen molar-refractivity contribution in [1.82, 2.24) is 9.80 Å². The van der Waals surface area contributed by atoms with Crippen LogP contribution in [0.1, 0.15) is 11.1 Å². The summed E-state index contributed by atoms with van der Waals surface area (Å²) < 4.78 is 3.16. The normalized spacial score (nSPS) is 11.3. The molecule has 1 radical (unpaired) electrons. The molecule has 0 aliphatic heterocycles. The van der Waals surface area contributed by atoms with Crippen LogP contribution in [-0.4, -0.2) is 59.6 Å². The average Bonchev–Trinajstić information content (AvgIpc) is 2.42. The molecule has 0 aromatic heterocycles. The van der Waals surface area contributed by atoms with Gasteiger partial charge in [-0.3, -0.25) is 0 Å². The first kappa shape index (κ1) is 16.5. The van der Waals surface area contributed by atoms with Crippen LogP contribution in [0.3, 0.4) is 0 Å². The van der Waals surface area contributed by atoms with E-state index in [4.69, 9.17) is 0 Å². The fourth-order valence-corrected chi connectivity index (χ4v) is 5.62. The Labute approximate surface area is 139 Å². The monoisotopic (exact) mass is 389 g/mol. The molecule has 0 aliphatic rings. The Morgan fingerprint density at radius 1 is 0.667 bits per heavy atom. The predicted octanol–water partition coefficient (Wildman–Crippen LogP) is 1.46. The molecular weight excluding hydrogens is 366 g/mol. The molecule has 0 spiro atoms. The van der Waals surface area contributed by atoms with Crippen molar-refractivity contribution in [2.24, 2.45) is 0 Å². The van der Waals surface area contributed by atoms with Gasteiger partial charge in [0.15, 0.2) is 0 Å². The minimum absolute atomic E-state index is 0.546.